The molecule has 3 N–H and O–H groups in total. The first-order valence-corrected chi connectivity index (χ1v) is 7.94. The Morgan fingerprint density at radius 1 is 1.19 bits per heavy atom. The molecule has 116 valence electrons. The molecule has 1 saturated carbocycles. The Hall–Kier alpha value is -1.63. The lowest BCUT2D eigenvalue weighted by Crippen LogP contribution is -2.47. The van der Waals surface area contributed by atoms with Crippen LogP contribution in [0.2, 0.25) is 0 Å². The van der Waals surface area contributed by atoms with Crippen molar-refractivity contribution in [3.05, 3.63) is 0 Å². The topological polar surface area (TPSA) is 89.2 Å². The van der Waals surface area contributed by atoms with Crippen molar-refractivity contribution in [1.29, 1.82) is 0 Å². The second-order valence-electron chi connectivity index (χ2n) is 5.77. The van der Waals surface area contributed by atoms with Gasteiger partial charge >= 0.3 is 6.01 Å². The van der Waals surface area contributed by atoms with Gasteiger partial charge in [-0.05, 0) is 38.5 Å². The first-order valence-electron chi connectivity index (χ1n) is 7.94. The number of nitrogens with zero attached hydrogens (tertiary/aromatic N) is 4. The average Bonchev–Trinajstić information content (AvgIpc) is 2.54. The Kier molecular flexibility index (Phi) is 4.38. The van der Waals surface area contributed by atoms with E-state index in [1.165, 1.54) is 38.5 Å². The van der Waals surface area contributed by atoms with E-state index in [1.54, 1.807) is 0 Å². The second-order valence-corrected chi connectivity index (χ2v) is 5.77. The maximum atomic E-state index is 5.47. The van der Waals surface area contributed by atoms with Gasteiger partial charge in [0.05, 0.1) is 6.61 Å². The Bertz CT molecular complexity index is 481. The lowest BCUT2D eigenvalue weighted by molar-refractivity contribution is 0.240. The van der Waals surface area contributed by atoms with E-state index in [-0.39, 0.29) is 0 Å². The highest BCUT2D eigenvalue weighted by Crippen LogP contribution is 2.37. The summed E-state index contributed by atoms with van der Waals surface area (Å²) in [5.41, 5.74) is 2.51. The van der Waals surface area contributed by atoms with Crippen molar-refractivity contribution in [3.8, 4) is 6.01 Å². The van der Waals surface area contributed by atoms with Crippen LogP contribution < -0.4 is 20.9 Å². The fourth-order valence-corrected chi connectivity index (χ4v) is 3.61. The molecule has 1 aromatic rings. The van der Waals surface area contributed by atoms with Gasteiger partial charge in [-0.15, -0.1) is 0 Å². The van der Waals surface area contributed by atoms with Gasteiger partial charge in [-0.25, -0.2) is 5.84 Å². The highest BCUT2D eigenvalue weighted by atomic mass is 16.5. The average molecular weight is 292 g/mol. The number of nitrogens with one attached hydrogen (secondary N) is 1. The molecule has 0 spiro atoms. The van der Waals surface area contributed by atoms with Crippen molar-refractivity contribution in [3.63, 3.8) is 0 Å². The van der Waals surface area contributed by atoms with E-state index in [0.29, 0.717) is 30.6 Å². The van der Waals surface area contributed by atoms with Gasteiger partial charge in [-0.2, -0.15) is 15.0 Å². The Morgan fingerprint density at radius 3 is 2.81 bits per heavy atom. The van der Waals surface area contributed by atoms with Gasteiger partial charge in [0, 0.05) is 12.6 Å². The van der Waals surface area contributed by atoms with Gasteiger partial charge in [0.1, 0.15) is 0 Å². The molecule has 0 aromatic carbocycles. The molecule has 2 fully saturated rings. The number of anilines is 2. The molecule has 3 rings (SSSR count). The summed E-state index contributed by atoms with van der Waals surface area (Å²) in [6.07, 6.45) is 7.72. The standard InChI is InChI=1S/C14H24N6O/c1-2-21-14-17-12(19-15)16-13(18-14)20-9-5-7-10-6-3-4-8-11(10)20/h10-11H,2-9,15H2,1H3,(H,16,17,18,19)/t10-,11-/m1/s1. The first kappa shape index (κ1) is 14.3. The van der Waals surface area contributed by atoms with Crippen LogP contribution in [0.4, 0.5) is 11.9 Å². The monoisotopic (exact) mass is 292 g/mol. The SMILES string of the molecule is CCOc1nc(NN)nc(N2CCC[C@H]3CCCC[C@H]32)n1. The van der Waals surface area contributed by atoms with Crippen molar-refractivity contribution in [2.75, 3.05) is 23.5 Å². The minimum Gasteiger partial charge on any atom is -0.464 e. The number of hydrazine groups is 1. The van der Waals surface area contributed by atoms with Crippen molar-refractivity contribution >= 4 is 11.9 Å². The molecule has 2 heterocycles. The van der Waals surface area contributed by atoms with Crippen LogP contribution in [0, 0.1) is 5.92 Å². The molecule has 1 aliphatic heterocycles. The Labute approximate surface area is 125 Å². The lowest BCUT2D eigenvalue weighted by Gasteiger charge is -2.44. The number of hydrogen-bond donors (Lipinski definition) is 2. The van der Waals surface area contributed by atoms with Gasteiger partial charge < -0.3 is 9.64 Å². The number of piperidine rings is 1. The predicted octanol–water partition coefficient (Wildman–Crippen LogP) is 1.71. The lowest BCUT2D eigenvalue weighted by atomic mass is 9.78. The molecule has 1 aromatic heterocycles. The van der Waals surface area contributed by atoms with E-state index in [4.69, 9.17) is 10.6 Å². The molecule has 0 amide bonds. The molecule has 0 bridgehead atoms. The maximum Gasteiger partial charge on any atom is 0.323 e. The number of nitrogen functional groups attached to an aromatic ring is 1. The number of hydrogen-bond acceptors (Lipinski definition) is 7. The number of aromatic nitrogens is 3. The summed E-state index contributed by atoms with van der Waals surface area (Å²) >= 11 is 0. The number of ether oxygens (including phenoxy) is 1. The summed E-state index contributed by atoms with van der Waals surface area (Å²) in [5.74, 6) is 7.30. The van der Waals surface area contributed by atoms with E-state index < -0.39 is 0 Å². The molecular weight excluding hydrogens is 268 g/mol. The third kappa shape index (κ3) is 3.02. The normalized spacial score (nSPS) is 25.3. The zero-order chi connectivity index (χ0) is 14.7. The summed E-state index contributed by atoms with van der Waals surface area (Å²) in [6, 6.07) is 0.892. The quantitative estimate of drug-likeness (QED) is 0.645. The van der Waals surface area contributed by atoms with Crippen LogP contribution in [-0.4, -0.2) is 34.1 Å². The van der Waals surface area contributed by atoms with Crippen LogP contribution in [0.25, 0.3) is 0 Å². The third-order valence-electron chi connectivity index (χ3n) is 4.51. The van der Waals surface area contributed by atoms with Crippen molar-refractivity contribution in [2.45, 2.75) is 51.5 Å². The first-order chi connectivity index (χ1) is 10.3. The van der Waals surface area contributed by atoms with Crippen molar-refractivity contribution < 1.29 is 4.74 Å². The summed E-state index contributed by atoms with van der Waals surface area (Å²) in [4.78, 5) is 15.4. The molecule has 21 heavy (non-hydrogen) atoms. The van der Waals surface area contributed by atoms with Crippen LogP contribution in [-0.2, 0) is 0 Å². The summed E-state index contributed by atoms with van der Waals surface area (Å²) < 4.78 is 5.43. The highest BCUT2D eigenvalue weighted by Gasteiger charge is 2.34. The summed E-state index contributed by atoms with van der Waals surface area (Å²) in [5, 5.41) is 0. The number of nitrogens with two attached hydrogens (primary N) is 1. The predicted molar refractivity (Wildman–Crippen MR) is 81.1 cm³/mol. The minimum absolute atomic E-state index is 0.341. The molecule has 2 aliphatic rings. The van der Waals surface area contributed by atoms with Crippen LogP contribution in [0.15, 0.2) is 0 Å². The molecule has 7 heteroatoms. The Morgan fingerprint density at radius 2 is 2.00 bits per heavy atom. The third-order valence-corrected chi connectivity index (χ3v) is 4.51. The molecule has 1 aliphatic carbocycles. The van der Waals surface area contributed by atoms with Gasteiger partial charge in [0.25, 0.3) is 0 Å². The Balaban J connectivity index is 1.88. The summed E-state index contributed by atoms with van der Waals surface area (Å²) in [6.45, 7) is 3.44. The van der Waals surface area contributed by atoms with Crippen LogP contribution in [0.5, 0.6) is 6.01 Å². The van der Waals surface area contributed by atoms with Gasteiger partial charge in [0.2, 0.25) is 11.9 Å². The number of rotatable bonds is 4. The van der Waals surface area contributed by atoms with E-state index in [2.05, 4.69) is 25.3 Å². The van der Waals surface area contributed by atoms with Crippen LogP contribution in [0.1, 0.15) is 45.4 Å². The molecule has 7 nitrogen and oxygen atoms in total. The number of fused-ring (bicyclic) bond motifs is 1. The fourth-order valence-electron chi connectivity index (χ4n) is 3.61. The van der Waals surface area contributed by atoms with Crippen LogP contribution >= 0.6 is 0 Å². The largest absolute Gasteiger partial charge is 0.464 e. The molecular formula is C14H24N6O. The van der Waals surface area contributed by atoms with E-state index in [1.807, 2.05) is 6.92 Å². The smallest absolute Gasteiger partial charge is 0.323 e. The molecule has 1 saturated heterocycles. The fraction of sp³-hybridized carbons (Fsp3) is 0.786. The maximum absolute atomic E-state index is 5.47. The van der Waals surface area contributed by atoms with E-state index in [9.17, 15) is 0 Å². The molecule has 2 atom stereocenters. The zero-order valence-corrected chi connectivity index (χ0v) is 12.6. The van der Waals surface area contributed by atoms with Crippen molar-refractivity contribution in [1.82, 2.24) is 15.0 Å². The second kappa shape index (κ2) is 6.43. The van der Waals surface area contributed by atoms with Crippen molar-refractivity contribution in [2.24, 2.45) is 11.8 Å². The van der Waals surface area contributed by atoms with Gasteiger partial charge in [-0.3, -0.25) is 5.43 Å². The minimum atomic E-state index is 0.341. The zero-order valence-electron chi connectivity index (χ0n) is 12.6. The van der Waals surface area contributed by atoms with Gasteiger partial charge in [0.15, 0.2) is 0 Å². The van der Waals surface area contributed by atoms with E-state index >= 15 is 0 Å². The highest BCUT2D eigenvalue weighted by molar-refractivity contribution is 5.39. The molecule has 0 unspecified atom stereocenters. The van der Waals surface area contributed by atoms with E-state index in [0.717, 1.165) is 12.5 Å². The summed E-state index contributed by atoms with van der Waals surface area (Å²) in [7, 11) is 0. The molecule has 0 radical (unpaired) electrons. The van der Waals surface area contributed by atoms with Crippen LogP contribution in [0.3, 0.4) is 0 Å². The van der Waals surface area contributed by atoms with Gasteiger partial charge in [-0.1, -0.05) is 12.8 Å².